The highest BCUT2D eigenvalue weighted by Gasteiger charge is 2.33. The number of rotatable bonds is 3. The Morgan fingerprint density at radius 2 is 2.16 bits per heavy atom. The molecule has 0 spiro atoms. The number of carboxylic acids is 1. The minimum atomic E-state index is -1.08. The molecule has 1 aromatic heterocycles. The Labute approximate surface area is 112 Å². The zero-order chi connectivity index (χ0) is 14.0. The summed E-state index contributed by atoms with van der Waals surface area (Å²) in [5.74, 6) is -1.14. The first-order valence-electron chi connectivity index (χ1n) is 6.56. The molecule has 5 heteroatoms. The molecule has 0 radical (unpaired) electrons. The van der Waals surface area contributed by atoms with Gasteiger partial charge in [0.1, 0.15) is 5.69 Å². The van der Waals surface area contributed by atoms with Gasteiger partial charge >= 0.3 is 5.97 Å². The monoisotopic (exact) mass is 262 g/mol. The molecule has 0 aliphatic carbocycles. The van der Waals surface area contributed by atoms with Crippen LogP contribution in [0, 0.1) is 0 Å². The molecule has 2 rings (SSSR count). The van der Waals surface area contributed by atoms with Crippen LogP contribution in [0.5, 0.6) is 0 Å². The summed E-state index contributed by atoms with van der Waals surface area (Å²) in [5.41, 5.74) is 0.412. The second-order valence-corrected chi connectivity index (χ2v) is 4.94. The number of nitrogens with zero attached hydrogens (tertiary/aromatic N) is 2. The maximum absolute atomic E-state index is 12.4. The summed E-state index contributed by atoms with van der Waals surface area (Å²) in [6.07, 6.45) is 4.34. The highest BCUT2D eigenvalue weighted by atomic mass is 16.4. The van der Waals surface area contributed by atoms with E-state index in [0.717, 1.165) is 19.3 Å². The number of carbonyl (C=O) groups excluding carboxylic acids is 1. The van der Waals surface area contributed by atoms with Crippen LogP contribution in [0.1, 0.15) is 54.0 Å². The molecule has 2 unspecified atom stereocenters. The van der Waals surface area contributed by atoms with E-state index >= 15 is 0 Å². The lowest BCUT2D eigenvalue weighted by molar-refractivity contribution is 0.0665. The van der Waals surface area contributed by atoms with Gasteiger partial charge in [0.05, 0.1) is 5.56 Å². The fourth-order valence-corrected chi connectivity index (χ4v) is 2.63. The van der Waals surface area contributed by atoms with Crippen molar-refractivity contribution in [2.75, 3.05) is 0 Å². The van der Waals surface area contributed by atoms with Crippen LogP contribution in [0.3, 0.4) is 0 Å². The van der Waals surface area contributed by atoms with Crippen LogP contribution >= 0.6 is 0 Å². The molecule has 5 nitrogen and oxygen atoms in total. The Kier molecular flexibility index (Phi) is 3.83. The van der Waals surface area contributed by atoms with Crippen molar-refractivity contribution in [1.29, 1.82) is 0 Å². The number of pyridine rings is 1. The number of amides is 1. The molecular weight excluding hydrogens is 244 g/mol. The zero-order valence-corrected chi connectivity index (χ0v) is 11.2. The van der Waals surface area contributed by atoms with Crippen molar-refractivity contribution in [3.05, 3.63) is 29.6 Å². The van der Waals surface area contributed by atoms with E-state index in [-0.39, 0.29) is 23.7 Å². The average molecular weight is 262 g/mol. The van der Waals surface area contributed by atoms with E-state index in [2.05, 4.69) is 11.9 Å². The number of carbonyl (C=O) groups is 2. The number of aromatic carboxylic acids is 1. The average Bonchev–Trinajstić information content (AvgIpc) is 2.79. The predicted molar refractivity (Wildman–Crippen MR) is 70.1 cm³/mol. The number of carboxylic acid groups (broad SMARTS) is 1. The van der Waals surface area contributed by atoms with Crippen molar-refractivity contribution in [3.8, 4) is 0 Å². The molecule has 2 atom stereocenters. The highest BCUT2D eigenvalue weighted by molar-refractivity contribution is 5.95. The summed E-state index contributed by atoms with van der Waals surface area (Å²) in [4.78, 5) is 28.9. The Morgan fingerprint density at radius 3 is 2.68 bits per heavy atom. The van der Waals surface area contributed by atoms with Gasteiger partial charge in [-0.25, -0.2) is 9.78 Å². The quantitative estimate of drug-likeness (QED) is 0.906. The smallest absolute Gasteiger partial charge is 0.354 e. The molecule has 1 fully saturated rings. The summed E-state index contributed by atoms with van der Waals surface area (Å²) < 4.78 is 0. The van der Waals surface area contributed by atoms with Crippen molar-refractivity contribution in [3.63, 3.8) is 0 Å². The fraction of sp³-hybridized carbons (Fsp3) is 0.500. The normalized spacial score (nSPS) is 22.5. The summed E-state index contributed by atoms with van der Waals surface area (Å²) in [6, 6.07) is 3.42. The summed E-state index contributed by atoms with van der Waals surface area (Å²) >= 11 is 0. The third kappa shape index (κ3) is 2.59. The van der Waals surface area contributed by atoms with Gasteiger partial charge in [-0.2, -0.15) is 0 Å². The standard InChI is InChI=1S/C14H18N2O3/c1-3-11-6-4-9(2)16(11)13(17)10-5-7-12(14(18)19)15-8-10/h5,7-9,11H,3-4,6H2,1-2H3,(H,18,19). The van der Waals surface area contributed by atoms with Gasteiger partial charge in [-0.3, -0.25) is 4.79 Å². The van der Waals surface area contributed by atoms with Gasteiger partial charge in [-0.15, -0.1) is 0 Å². The fourth-order valence-electron chi connectivity index (χ4n) is 2.63. The van der Waals surface area contributed by atoms with E-state index in [9.17, 15) is 9.59 Å². The van der Waals surface area contributed by atoms with Crippen molar-refractivity contribution in [2.45, 2.75) is 45.2 Å². The first kappa shape index (κ1) is 13.5. The summed E-state index contributed by atoms with van der Waals surface area (Å²) in [6.45, 7) is 4.13. The van der Waals surface area contributed by atoms with Gasteiger partial charge in [0.15, 0.2) is 0 Å². The van der Waals surface area contributed by atoms with Crippen LogP contribution in [-0.2, 0) is 0 Å². The minimum Gasteiger partial charge on any atom is -0.477 e. The second-order valence-electron chi connectivity index (χ2n) is 4.94. The molecule has 1 amide bonds. The number of hydrogen-bond acceptors (Lipinski definition) is 3. The van der Waals surface area contributed by atoms with Gasteiger partial charge in [-0.05, 0) is 38.3 Å². The first-order valence-corrected chi connectivity index (χ1v) is 6.56. The molecule has 1 aromatic rings. The van der Waals surface area contributed by atoms with Crippen LogP contribution in [0.4, 0.5) is 0 Å². The van der Waals surface area contributed by atoms with Gasteiger partial charge in [-0.1, -0.05) is 6.92 Å². The Hall–Kier alpha value is -1.91. The molecule has 1 N–H and O–H groups in total. The topological polar surface area (TPSA) is 70.5 Å². The van der Waals surface area contributed by atoms with Crippen LogP contribution in [0.2, 0.25) is 0 Å². The molecule has 0 aromatic carbocycles. The van der Waals surface area contributed by atoms with Crippen molar-refractivity contribution < 1.29 is 14.7 Å². The molecule has 1 aliphatic rings. The molecule has 102 valence electrons. The van der Waals surface area contributed by atoms with Gasteiger partial charge in [0.2, 0.25) is 0 Å². The molecule has 2 heterocycles. The summed E-state index contributed by atoms with van der Waals surface area (Å²) in [5, 5.41) is 8.79. The van der Waals surface area contributed by atoms with Crippen LogP contribution < -0.4 is 0 Å². The Balaban J connectivity index is 2.21. The third-order valence-electron chi connectivity index (χ3n) is 3.72. The molecule has 19 heavy (non-hydrogen) atoms. The Morgan fingerprint density at radius 1 is 1.42 bits per heavy atom. The maximum Gasteiger partial charge on any atom is 0.354 e. The first-order chi connectivity index (χ1) is 9.04. The van der Waals surface area contributed by atoms with Crippen LogP contribution in [-0.4, -0.2) is 39.0 Å². The SMILES string of the molecule is CCC1CCC(C)N1C(=O)c1ccc(C(=O)O)nc1. The number of aromatic nitrogens is 1. The van der Waals surface area contributed by atoms with E-state index in [1.807, 2.05) is 11.8 Å². The lowest BCUT2D eigenvalue weighted by Gasteiger charge is -2.28. The maximum atomic E-state index is 12.4. The number of likely N-dealkylation sites (tertiary alicyclic amines) is 1. The van der Waals surface area contributed by atoms with E-state index in [4.69, 9.17) is 5.11 Å². The third-order valence-corrected chi connectivity index (χ3v) is 3.72. The van der Waals surface area contributed by atoms with E-state index < -0.39 is 5.97 Å². The predicted octanol–water partition coefficient (Wildman–Crippen LogP) is 2.18. The molecule has 0 saturated carbocycles. The molecule has 0 bridgehead atoms. The lowest BCUT2D eigenvalue weighted by Crippen LogP contribution is -2.39. The van der Waals surface area contributed by atoms with Gasteiger partial charge < -0.3 is 10.0 Å². The second kappa shape index (κ2) is 5.38. The molecular formula is C14H18N2O3. The van der Waals surface area contributed by atoms with Crippen LogP contribution in [0.25, 0.3) is 0 Å². The highest BCUT2D eigenvalue weighted by Crippen LogP contribution is 2.27. The van der Waals surface area contributed by atoms with E-state index in [1.54, 1.807) is 0 Å². The largest absolute Gasteiger partial charge is 0.477 e. The van der Waals surface area contributed by atoms with Crippen LogP contribution in [0.15, 0.2) is 18.3 Å². The Bertz CT molecular complexity index is 484. The van der Waals surface area contributed by atoms with E-state index in [1.165, 1.54) is 18.3 Å². The van der Waals surface area contributed by atoms with Crippen molar-refractivity contribution in [1.82, 2.24) is 9.88 Å². The molecule has 1 saturated heterocycles. The van der Waals surface area contributed by atoms with Crippen molar-refractivity contribution >= 4 is 11.9 Å². The molecule has 1 aliphatic heterocycles. The zero-order valence-electron chi connectivity index (χ0n) is 11.2. The number of hydrogen-bond donors (Lipinski definition) is 1. The summed E-state index contributed by atoms with van der Waals surface area (Å²) in [7, 11) is 0. The van der Waals surface area contributed by atoms with Gasteiger partial charge in [0, 0.05) is 18.3 Å². The van der Waals surface area contributed by atoms with Crippen molar-refractivity contribution in [2.24, 2.45) is 0 Å². The van der Waals surface area contributed by atoms with Gasteiger partial charge in [0.25, 0.3) is 5.91 Å². The lowest BCUT2D eigenvalue weighted by atomic mass is 10.1. The van der Waals surface area contributed by atoms with E-state index in [0.29, 0.717) is 5.56 Å². The minimum absolute atomic E-state index is 0.0435.